The maximum Gasteiger partial charge on any atom is 0.272 e. The zero-order chi connectivity index (χ0) is 17.4. The van der Waals surface area contributed by atoms with Gasteiger partial charge in [-0.05, 0) is 62.2 Å². The van der Waals surface area contributed by atoms with Gasteiger partial charge < -0.3 is 9.88 Å². The molecule has 1 N–H and O–H groups in total. The Bertz CT molecular complexity index is 944. The van der Waals surface area contributed by atoms with Gasteiger partial charge >= 0.3 is 0 Å². The molecular weight excluding hydrogens is 343 g/mol. The first kappa shape index (κ1) is 16.9. The number of rotatable bonds is 3. The number of hydrogen-bond donors (Lipinski definition) is 1. The second-order valence-electron chi connectivity index (χ2n) is 5.79. The van der Waals surface area contributed by atoms with Gasteiger partial charge in [-0.1, -0.05) is 29.3 Å². The summed E-state index contributed by atoms with van der Waals surface area (Å²) in [6.07, 6.45) is 0. The Morgan fingerprint density at radius 1 is 1.08 bits per heavy atom. The Hall–Kier alpha value is -1.97. The van der Waals surface area contributed by atoms with Gasteiger partial charge in [-0.2, -0.15) is 0 Å². The number of halogens is 2. The van der Waals surface area contributed by atoms with Crippen LogP contribution in [0.25, 0.3) is 10.9 Å². The summed E-state index contributed by atoms with van der Waals surface area (Å²) in [6, 6.07) is 11.2. The van der Waals surface area contributed by atoms with Crippen LogP contribution in [0.5, 0.6) is 0 Å². The second kappa shape index (κ2) is 6.50. The molecule has 5 heteroatoms. The summed E-state index contributed by atoms with van der Waals surface area (Å²) in [7, 11) is 0. The number of nitrogens with one attached hydrogen (secondary N) is 1. The van der Waals surface area contributed by atoms with Gasteiger partial charge in [0.25, 0.3) is 5.91 Å². The van der Waals surface area contributed by atoms with Crippen LogP contribution in [0, 0.1) is 13.8 Å². The summed E-state index contributed by atoms with van der Waals surface area (Å²) in [4.78, 5) is 12.9. The first-order valence-corrected chi connectivity index (χ1v) is 8.53. The minimum absolute atomic E-state index is 0.146. The highest BCUT2D eigenvalue weighted by Gasteiger charge is 2.20. The van der Waals surface area contributed by atoms with Crippen LogP contribution in [0.2, 0.25) is 10.0 Å². The summed E-state index contributed by atoms with van der Waals surface area (Å²) in [5.74, 6) is -0.146. The quantitative estimate of drug-likeness (QED) is 0.625. The van der Waals surface area contributed by atoms with Crippen LogP contribution in [0.3, 0.4) is 0 Å². The summed E-state index contributed by atoms with van der Waals surface area (Å²) in [5, 5.41) is 5.24. The molecule has 0 aliphatic rings. The van der Waals surface area contributed by atoms with E-state index in [1.165, 1.54) is 0 Å². The van der Waals surface area contributed by atoms with Gasteiger partial charge in [-0.15, -0.1) is 0 Å². The topological polar surface area (TPSA) is 34.0 Å². The normalized spacial score (nSPS) is 11.0. The average molecular weight is 361 g/mol. The van der Waals surface area contributed by atoms with Crippen molar-refractivity contribution >= 4 is 45.7 Å². The molecule has 0 aliphatic heterocycles. The molecule has 1 amide bonds. The summed E-state index contributed by atoms with van der Waals surface area (Å²) < 4.78 is 2.01. The van der Waals surface area contributed by atoms with E-state index in [0.29, 0.717) is 22.3 Å². The van der Waals surface area contributed by atoms with Gasteiger partial charge in [0.2, 0.25) is 0 Å². The Balaban J connectivity index is 2.09. The molecule has 1 aromatic heterocycles. The Morgan fingerprint density at radius 3 is 2.46 bits per heavy atom. The van der Waals surface area contributed by atoms with E-state index in [9.17, 15) is 4.79 Å². The first-order chi connectivity index (χ1) is 11.4. The van der Waals surface area contributed by atoms with Gasteiger partial charge in [-0.3, -0.25) is 4.79 Å². The lowest BCUT2D eigenvalue weighted by Gasteiger charge is -2.12. The minimum Gasteiger partial charge on any atom is -0.337 e. The number of anilines is 1. The number of hydrogen-bond acceptors (Lipinski definition) is 1. The van der Waals surface area contributed by atoms with Crippen LogP contribution in [0.4, 0.5) is 5.69 Å². The summed E-state index contributed by atoms with van der Waals surface area (Å²) >= 11 is 12.2. The highest BCUT2D eigenvalue weighted by molar-refractivity contribution is 6.31. The molecule has 3 aromatic rings. The monoisotopic (exact) mass is 360 g/mol. The number of benzene rings is 2. The van der Waals surface area contributed by atoms with E-state index >= 15 is 0 Å². The number of carbonyl (C=O) groups is 1. The van der Waals surface area contributed by atoms with Crippen molar-refractivity contribution in [1.82, 2.24) is 4.57 Å². The molecule has 3 nitrogen and oxygen atoms in total. The Morgan fingerprint density at radius 2 is 1.75 bits per heavy atom. The average Bonchev–Trinajstić information content (AvgIpc) is 2.82. The smallest absolute Gasteiger partial charge is 0.272 e. The van der Waals surface area contributed by atoms with Gasteiger partial charge in [-0.25, -0.2) is 0 Å². The number of fused-ring (bicyclic) bond motifs is 1. The molecule has 2 aromatic carbocycles. The first-order valence-electron chi connectivity index (χ1n) is 7.78. The maximum absolute atomic E-state index is 12.9. The SMILES string of the molecule is CCn1c(C(=O)Nc2cc(Cl)ccc2C)c(C)c2cc(Cl)ccc21. The van der Waals surface area contributed by atoms with Crippen molar-refractivity contribution in [2.24, 2.45) is 0 Å². The Labute approximate surface area is 151 Å². The molecule has 0 spiro atoms. The molecule has 0 bridgehead atoms. The van der Waals surface area contributed by atoms with Crippen molar-refractivity contribution in [3.63, 3.8) is 0 Å². The van der Waals surface area contributed by atoms with Crippen molar-refractivity contribution < 1.29 is 4.79 Å². The van der Waals surface area contributed by atoms with Gasteiger partial charge in [0, 0.05) is 33.2 Å². The van der Waals surface area contributed by atoms with Gasteiger partial charge in [0.05, 0.1) is 0 Å². The van der Waals surface area contributed by atoms with E-state index in [0.717, 1.165) is 27.7 Å². The third-order valence-corrected chi connectivity index (χ3v) is 4.73. The molecule has 1 heterocycles. The number of aromatic nitrogens is 1. The summed E-state index contributed by atoms with van der Waals surface area (Å²) in [6.45, 7) is 6.61. The van der Waals surface area contributed by atoms with Crippen molar-refractivity contribution in [3.05, 3.63) is 63.3 Å². The largest absolute Gasteiger partial charge is 0.337 e. The van der Waals surface area contributed by atoms with E-state index in [4.69, 9.17) is 23.2 Å². The van der Waals surface area contributed by atoms with E-state index in [1.54, 1.807) is 6.07 Å². The predicted molar refractivity (Wildman–Crippen MR) is 102 cm³/mol. The van der Waals surface area contributed by atoms with E-state index < -0.39 is 0 Å². The lowest BCUT2D eigenvalue weighted by atomic mass is 10.1. The van der Waals surface area contributed by atoms with Crippen LogP contribution >= 0.6 is 23.2 Å². The second-order valence-corrected chi connectivity index (χ2v) is 6.67. The number of carbonyl (C=O) groups excluding carboxylic acids is 1. The molecule has 0 unspecified atom stereocenters. The van der Waals surface area contributed by atoms with Crippen molar-refractivity contribution in [2.75, 3.05) is 5.32 Å². The molecule has 124 valence electrons. The third kappa shape index (κ3) is 2.90. The van der Waals surface area contributed by atoms with E-state index in [1.807, 2.05) is 55.7 Å². The fourth-order valence-corrected chi connectivity index (χ4v) is 3.37. The number of aryl methyl sites for hydroxylation is 3. The molecule has 24 heavy (non-hydrogen) atoms. The van der Waals surface area contributed by atoms with Crippen LogP contribution in [0.1, 0.15) is 28.5 Å². The van der Waals surface area contributed by atoms with Gasteiger partial charge in [0.1, 0.15) is 5.69 Å². The molecule has 0 aliphatic carbocycles. The summed E-state index contributed by atoms with van der Waals surface area (Å²) in [5.41, 5.74) is 4.26. The number of nitrogens with zero attached hydrogens (tertiary/aromatic N) is 1. The minimum atomic E-state index is -0.146. The lowest BCUT2D eigenvalue weighted by Crippen LogP contribution is -2.18. The maximum atomic E-state index is 12.9. The van der Waals surface area contributed by atoms with Crippen LogP contribution in [-0.4, -0.2) is 10.5 Å². The zero-order valence-electron chi connectivity index (χ0n) is 13.8. The van der Waals surface area contributed by atoms with Crippen LogP contribution in [-0.2, 0) is 6.54 Å². The third-order valence-electron chi connectivity index (χ3n) is 4.26. The van der Waals surface area contributed by atoms with Crippen LogP contribution in [0.15, 0.2) is 36.4 Å². The standard InChI is InChI=1S/C19H18Cl2N2O/c1-4-23-17-8-7-13(20)9-15(17)12(3)18(23)19(24)22-16-10-14(21)6-5-11(16)2/h5-10H,4H2,1-3H3,(H,22,24). The fraction of sp³-hybridized carbons (Fsp3) is 0.211. The highest BCUT2D eigenvalue weighted by atomic mass is 35.5. The molecule has 0 radical (unpaired) electrons. The van der Waals surface area contributed by atoms with Crippen molar-refractivity contribution in [3.8, 4) is 0 Å². The van der Waals surface area contributed by atoms with Crippen LogP contribution < -0.4 is 5.32 Å². The molecule has 0 fully saturated rings. The molecule has 0 saturated heterocycles. The molecular formula is C19H18Cl2N2O. The van der Waals surface area contributed by atoms with E-state index in [-0.39, 0.29) is 5.91 Å². The Kier molecular flexibility index (Phi) is 4.57. The van der Waals surface area contributed by atoms with Crippen molar-refractivity contribution in [1.29, 1.82) is 0 Å². The van der Waals surface area contributed by atoms with Gasteiger partial charge in [0.15, 0.2) is 0 Å². The lowest BCUT2D eigenvalue weighted by molar-refractivity contribution is 0.101. The highest BCUT2D eigenvalue weighted by Crippen LogP contribution is 2.29. The molecule has 0 saturated carbocycles. The van der Waals surface area contributed by atoms with Crippen molar-refractivity contribution in [2.45, 2.75) is 27.3 Å². The van der Waals surface area contributed by atoms with E-state index in [2.05, 4.69) is 5.32 Å². The fourth-order valence-electron chi connectivity index (χ4n) is 3.03. The predicted octanol–water partition coefficient (Wildman–Crippen LogP) is 5.84. The molecule has 0 atom stereocenters. The number of amides is 1. The zero-order valence-corrected chi connectivity index (χ0v) is 15.3. The molecule has 3 rings (SSSR count).